The van der Waals surface area contributed by atoms with E-state index in [1.807, 2.05) is 0 Å². The number of nitrogens with zero attached hydrogens (tertiary/aromatic N) is 3. The van der Waals surface area contributed by atoms with Crippen LogP contribution in [0, 0.1) is 10.1 Å². The second kappa shape index (κ2) is 5.79. The summed E-state index contributed by atoms with van der Waals surface area (Å²) in [6.45, 7) is 0. The van der Waals surface area contributed by atoms with E-state index in [0.29, 0.717) is 16.2 Å². The molecule has 8 heteroatoms. The van der Waals surface area contributed by atoms with Gasteiger partial charge in [-0.25, -0.2) is 9.97 Å². The molecule has 2 unspecified atom stereocenters. The van der Waals surface area contributed by atoms with E-state index in [4.69, 9.17) is 4.74 Å². The lowest BCUT2D eigenvalue weighted by atomic mass is 10.0. The van der Waals surface area contributed by atoms with Crippen molar-refractivity contribution in [2.75, 3.05) is 12.4 Å². The highest BCUT2D eigenvalue weighted by Gasteiger charge is 2.31. The standard InChI is InChI=1S/C11H11BrN4O3/c1-19-7-2-3-8(9(4-7)16(17)18)15-11-6-13-10(12)5-14-11/h2-6,8-9H,1H3,(H,14,15). The Kier molecular flexibility index (Phi) is 4.10. The number of hydrogen-bond acceptors (Lipinski definition) is 6. The van der Waals surface area contributed by atoms with Crippen molar-refractivity contribution < 1.29 is 9.66 Å². The zero-order valence-electron chi connectivity index (χ0n) is 9.99. The summed E-state index contributed by atoms with van der Waals surface area (Å²) >= 11 is 3.17. The maximum absolute atomic E-state index is 11.1. The molecule has 100 valence electrons. The lowest BCUT2D eigenvalue weighted by molar-refractivity contribution is -0.510. The van der Waals surface area contributed by atoms with Crippen molar-refractivity contribution in [1.29, 1.82) is 0 Å². The number of aromatic nitrogens is 2. The van der Waals surface area contributed by atoms with Crippen molar-refractivity contribution in [1.82, 2.24) is 9.97 Å². The van der Waals surface area contributed by atoms with E-state index in [2.05, 4.69) is 31.2 Å². The van der Waals surface area contributed by atoms with Crippen molar-refractivity contribution in [2.45, 2.75) is 12.1 Å². The second-order valence-corrected chi connectivity index (χ2v) is 4.62. The van der Waals surface area contributed by atoms with Crippen LogP contribution >= 0.6 is 15.9 Å². The van der Waals surface area contributed by atoms with Crippen molar-refractivity contribution in [3.8, 4) is 0 Å². The molecule has 0 radical (unpaired) electrons. The van der Waals surface area contributed by atoms with Gasteiger partial charge in [0.15, 0.2) is 0 Å². The first-order valence-electron chi connectivity index (χ1n) is 5.42. The SMILES string of the molecule is COC1=CC([N+](=O)[O-])C(Nc2cnc(Br)cn2)C=C1. The number of rotatable bonds is 4. The van der Waals surface area contributed by atoms with Gasteiger partial charge in [0.25, 0.3) is 6.04 Å². The minimum atomic E-state index is -0.912. The Bertz CT molecular complexity index is 529. The number of allylic oxidation sites excluding steroid dienone is 1. The molecule has 1 aromatic heterocycles. The van der Waals surface area contributed by atoms with Crippen molar-refractivity contribution in [3.05, 3.63) is 51.1 Å². The zero-order valence-corrected chi connectivity index (χ0v) is 11.6. The van der Waals surface area contributed by atoms with Crippen LogP contribution in [-0.2, 0) is 4.74 Å². The summed E-state index contributed by atoms with van der Waals surface area (Å²) in [6.07, 6.45) is 7.85. The van der Waals surface area contributed by atoms with Crippen molar-refractivity contribution in [3.63, 3.8) is 0 Å². The summed E-state index contributed by atoms with van der Waals surface area (Å²) in [5.41, 5.74) is 0. The molecule has 0 bridgehead atoms. The summed E-state index contributed by atoms with van der Waals surface area (Å²) in [7, 11) is 1.47. The highest BCUT2D eigenvalue weighted by molar-refractivity contribution is 9.10. The molecule has 1 aromatic rings. The summed E-state index contributed by atoms with van der Waals surface area (Å²) in [4.78, 5) is 18.8. The van der Waals surface area contributed by atoms with E-state index >= 15 is 0 Å². The molecule has 1 aliphatic rings. The molecule has 0 saturated heterocycles. The number of ether oxygens (including phenoxy) is 1. The Morgan fingerprint density at radius 3 is 2.84 bits per heavy atom. The maximum Gasteiger partial charge on any atom is 0.258 e. The first kappa shape index (κ1) is 13.5. The number of methoxy groups -OCH3 is 1. The van der Waals surface area contributed by atoms with Crippen LogP contribution in [0.1, 0.15) is 0 Å². The molecule has 0 saturated carbocycles. The van der Waals surface area contributed by atoms with Crippen LogP contribution in [0.2, 0.25) is 0 Å². The molecule has 0 aliphatic heterocycles. The van der Waals surface area contributed by atoms with E-state index in [1.54, 1.807) is 12.2 Å². The topological polar surface area (TPSA) is 90.2 Å². The second-order valence-electron chi connectivity index (χ2n) is 3.80. The van der Waals surface area contributed by atoms with E-state index in [-0.39, 0.29) is 4.92 Å². The summed E-state index contributed by atoms with van der Waals surface area (Å²) in [5.74, 6) is 0.945. The summed E-state index contributed by atoms with van der Waals surface area (Å²) in [5, 5.41) is 14.0. The van der Waals surface area contributed by atoms with E-state index in [1.165, 1.54) is 25.6 Å². The Balaban J connectivity index is 2.15. The third kappa shape index (κ3) is 3.28. The van der Waals surface area contributed by atoms with Crippen LogP contribution in [0.3, 0.4) is 0 Å². The Hall–Kier alpha value is -1.96. The fourth-order valence-corrected chi connectivity index (χ4v) is 1.86. The van der Waals surface area contributed by atoms with E-state index < -0.39 is 12.1 Å². The molecular weight excluding hydrogens is 316 g/mol. The number of nitrogens with one attached hydrogen (secondary N) is 1. The highest BCUT2D eigenvalue weighted by atomic mass is 79.9. The van der Waals surface area contributed by atoms with Gasteiger partial charge >= 0.3 is 0 Å². The third-order valence-corrected chi connectivity index (χ3v) is 2.99. The normalized spacial score (nSPS) is 21.7. The molecule has 2 atom stereocenters. The fourth-order valence-electron chi connectivity index (χ4n) is 1.66. The number of anilines is 1. The van der Waals surface area contributed by atoms with Gasteiger partial charge in [-0.2, -0.15) is 0 Å². The largest absolute Gasteiger partial charge is 0.497 e. The van der Waals surface area contributed by atoms with Gasteiger partial charge in [0.1, 0.15) is 22.2 Å². The minimum Gasteiger partial charge on any atom is -0.497 e. The van der Waals surface area contributed by atoms with Crippen LogP contribution < -0.4 is 5.32 Å². The maximum atomic E-state index is 11.1. The molecule has 7 nitrogen and oxygen atoms in total. The summed E-state index contributed by atoms with van der Waals surface area (Å²) in [6, 6.07) is -1.41. The molecule has 1 aliphatic carbocycles. The number of nitro groups is 1. The van der Waals surface area contributed by atoms with Crippen molar-refractivity contribution in [2.24, 2.45) is 0 Å². The molecule has 0 spiro atoms. The monoisotopic (exact) mass is 326 g/mol. The molecule has 1 heterocycles. The zero-order chi connectivity index (χ0) is 13.8. The molecular formula is C11H11BrN4O3. The molecule has 0 fully saturated rings. The number of halogens is 1. The first-order valence-corrected chi connectivity index (χ1v) is 6.21. The van der Waals surface area contributed by atoms with Gasteiger partial charge in [-0.1, -0.05) is 6.08 Å². The smallest absolute Gasteiger partial charge is 0.258 e. The Morgan fingerprint density at radius 2 is 2.26 bits per heavy atom. The minimum absolute atomic E-state index is 0.369. The van der Waals surface area contributed by atoms with Gasteiger partial charge < -0.3 is 10.1 Å². The third-order valence-electron chi connectivity index (χ3n) is 2.58. The lowest BCUT2D eigenvalue weighted by Crippen LogP contribution is -2.38. The molecule has 0 amide bonds. The molecule has 0 aromatic carbocycles. The average Bonchev–Trinajstić information content (AvgIpc) is 2.41. The van der Waals surface area contributed by atoms with Gasteiger partial charge in [-0.15, -0.1) is 0 Å². The highest BCUT2D eigenvalue weighted by Crippen LogP contribution is 2.18. The molecule has 1 N–H and O–H groups in total. The van der Waals surface area contributed by atoms with E-state index in [0.717, 1.165) is 0 Å². The quantitative estimate of drug-likeness (QED) is 0.669. The lowest BCUT2D eigenvalue weighted by Gasteiger charge is -2.21. The van der Waals surface area contributed by atoms with Gasteiger partial charge in [-0.05, 0) is 22.0 Å². The van der Waals surface area contributed by atoms with Gasteiger partial charge in [-0.3, -0.25) is 10.1 Å². The van der Waals surface area contributed by atoms with Gasteiger partial charge in [0.2, 0.25) is 0 Å². The number of hydrogen-bond donors (Lipinski definition) is 1. The fraction of sp³-hybridized carbons (Fsp3) is 0.273. The van der Waals surface area contributed by atoms with Crippen LogP contribution in [0.5, 0.6) is 0 Å². The van der Waals surface area contributed by atoms with Crippen molar-refractivity contribution >= 4 is 21.7 Å². The van der Waals surface area contributed by atoms with E-state index in [9.17, 15) is 10.1 Å². The molecule has 19 heavy (non-hydrogen) atoms. The Morgan fingerprint density at radius 1 is 1.47 bits per heavy atom. The van der Waals surface area contributed by atoms with Crippen LogP contribution in [0.4, 0.5) is 5.82 Å². The summed E-state index contributed by atoms with van der Waals surface area (Å²) < 4.78 is 5.60. The predicted molar refractivity (Wildman–Crippen MR) is 72.2 cm³/mol. The van der Waals surface area contributed by atoms with Crippen LogP contribution in [0.25, 0.3) is 0 Å². The van der Waals surface area contributed by atoms with Gasteiger partial charge in [0.05, 0.1) is 19.5 Å². The molecule has 2 rings (SSSR count). The Labute approximate surface area is 117 Å². The first-order chi connectivity index (χ1) is 9.10. The average molecular weight is 327 g/mol. The predicted octanol–water partition coefficient (Wildman–Crippen LogP) is 1.76. The van der Waals surface area contributed by atoms with Crippen LogP contribution in [-0.4, -0.2) is 34.1 Å². The van der Waals surface area contributed by atoms with Gasteiger partial charge in [0, 0.05) is 11.0 Å². The van der Waals surface area contributed by atoms with Crippen LogP contribution in [0.15, 0.2) is 41.0 Å².